The Morgan fingerprint density at radius 3 is 2.42 bits per heavy atom. The zero-order valence-corrected chi connectivity index (χ0v) is 22.3. The lowest BCUT2D eigenvalue weighted by atomic mass is 9.67. The molecule has 210 valence electrons. The Labute approximate surface area is 228 Å². The average Bonchev–Trinajstić information content (AvgIpc) is 3.55. The summed E-state index contributed by atoms with van der Waals surface area (Å²) in [5.74, 6) is -4.35. The van der Waals surface area contributed by atoms with Gasteiger partial charge in [0.1, 0.15) is 12.2 Å². The maximum atomic E-state index is 14.8. The van der Waals surface area contributed by atoms with E-state index in [1.165, 1.54) is 36.5 Å². The molecule has 2 heterocycles. The van der Waals surface area contributed by atoms with Crippen molar-refractivity contribution in [2.45, 2.75) is 60.6 Å². The first kappa shape index (κ1) is 27.6. The zero-order valence-electron chi connectivity index (χ0n) is 21.5. The summed E-state index contributed by atoms with van der Waals surface area (Å²) in [4.78, 5) is 32.2. The highest BCUT2D eigenvalue weighted by molar-refractivity contribution is 7.90. The van der Waals surface area contributed by atoms with Crippen LogP contribution in [0.3, 0.4) is 0 Å². The molecule has 3 aromatic rings. The molecule has 0 unspecified atom stereocenters. The van der Waals surface area contributed by atoms with Crippen molar-refractivity contribution in [3.63, 3.8) is 0 Å². The molecule has 0 radical (unpaired) electrons. The third-order valence-corrected chi connectivity index (χ3v) is 8.99. The summed E-state index contributed by atoms with van der Waals surface area (Å²) in [6, 6.07) is 7.38. The van der Waals surface area contributed by atoms with Gasteiger partial charge in [-0.05, 0) is 42.7 Å². The van der Waals surface area contributed by atoms with E-state index in [0.717, 1.165) is 11.2 Å². The molecular formula is C27H26F3N5O4S. The van der Waals surface area contributed by atoms with Crippen LogP contribution in [0.1, 0.15) is 37.7 Å². The number of nitrogens with zero attached hydrogens (tertiary/aromatic N) is 3. The molecule has 1 aliphatic carbocycles. The number of aromatic nitrogens is 2. The number of hydrogen-bond donors (Lipinski definition) is 2. The van der Waals surface area contributed by atoms with Crippen LogP contribution in [0.5, 0.6) is 0 Å². The lowest BCUT2D eigenvalue weighted by Gasteiger charge is -2.42. The van der Waals surface area contributed by atoms with Crippen molar-refractivity contribution < 1.29 is 31.2 Å². The summed E-state index contributed by atoms with van der Waals surface area (Å²) >= 11 is 0. The Balaban J connectivity index is 1.48. The fourth-order valence-corrected chi connectivity index (χ4v) is 6.29. The van der Waals surface area contributed by atoms with E-state index in [2.05, 4.69) is 20.4 Å². The molecule has 1 aromatic heterocycles. The Kier molecular flexibility index (Phi) is 6.86. The highest BCUT2D eigenvalue weighted by Crippen LogP contribution is 2.47. The lowest BCUT2D eigenvalue weighted by Crippen LogP contribution is -2.54. The number of likely N-dealkylation sites (tertiary alicyclic amines) is 1. The Morgan fingerprint density at radius 2 is 1.80 bits per heavy atom. The summed E-state index contributed by atoms with van der Waals surface area (Å²) in [6.45, 7) is 7.15. The molecule has 1 aliphatic heterocycles. The number of aromatic amines is 1. The van der Waals surface area contributed by atoms with E-state index in [1.807, 2.05) is 0 Å². The summed E-state index contributed by atoms with van der Waals surface area (Å²) < 4.78 is 67.1. The van der Waals surface area contributed by atoms with Gasteiger partial charge in [0, 0.05) is 42.8 Å². The highest BCUT2D eigenvalue weighted by atomic mass is 32.2. The van der Waals surface area contributed by atoms with E-state index in [-0.39, 0.29) is 35.5 Å². The van der Waals surface area contributed by atoms with Gasteiger partial charge in [0.15, 0.2) is 9.84 Å². The maximum Gasteiger partial charge on any atom is 0.248 e. The smallest absolute Gasteiger partial charge is 0.248 e. The van der Waals surface area contributed by atoms with Gasteiger partial charge in [-0.3, -0.25) is 14.7 Å². The second kappa shape index (κ2) is 9.92. The monoisotopic (exact) mass is 573 g/mol. The number of sulfone groups is 1. The highest BCUT2D eigenvalue weighted by Gasteiger charge is 2.53. The fraction of sp³-hybridized carbons (Fsp3) is 0.407. The molecular weight excluding hydrogens is 547 g/mol. The first-order valence-electron chi connectivity index (χ1n) is 12.6. The number of fused-ring (bicyclic) bond motifs is 1. The van der Waals surface area contributed by atoms with Crippen LogP contribution in [-0.4, -0.2) is 66.3 Å². The van der Waals surface area contributed by atoms with E-state index in [0.29, 0.717) is 16.5 Å². The van der Waals surface area contributed by atoms with Gasteiger partial charge < -0.3 is 10.2 Å². The number of nitrogens with one attached hydrogen (secondary N) is 2. The molecule has 40 heavy (non-hydrogen) atoms. The third kappa shape index (κ3) is 4.92. The minimum absolute atomic E-state index is 0.00689. The van der Waals surface area contributed by atoms with E-state index < -0.39 is 64.6 Å². The normalized spacial score (nSPS) is 22.1. The molecule has 0 bridgehead atoms. The van der Waals surface area contributed by atoms with Crippen LogP contribution < -0.4 is 5.32 Å². The number of alkyl halides is 3. The predicted molar refractivity (Wildman–Crippen MR) is 141 cm³/mol. The summed E-state index contributed by atoms with van der Waals surface area (Å²) in [5.41, 5.74) is -0.264. The molecule has 13 heteroatoms. The molecule has 2 atom stereocenters. The van der Waals surface area contributed by atoms with Gasteiger partial charge in [-0.1, -0.05) is 12.1 Å². The molecule has 1 saturated heterocycles. The third-order valence-electron chi connectivity index (χ3n) is 7.86. The van der Waals surface area contributed by atoms with E-state index in [1.54, 1.807) is 6.07 Å². The van der Waals surface area contributed by atoms with Crippen molar-refractivity contribution in [1.82, 2.24) is 15.1 Å². The van der Waals surface area contributed by atoms with Crippen molar-refractivity contribution >= 4 is 43.9 Å². The van der Waals surface area contributed by atoms with Crippen molar-refractivity contribution in [2.24, 2.45) is 0 Å². The second-order valence-electron chi connectivity index (χ2n) is 10.4. The molecule has 0 spiro atoms. The Morgan fingerprint density at radius 1 is 1.12 bits per heavy atom. The van der Waals surface area contributed by atoms with Crippen LogP contribution in [0.4, 0.5) is 24.5 Å². The maximum absolute atomic E-state index is 14.8. The molecule has 5 rings (SSSR count). The molecule has 2 fully saturated rings. The number of anilines is 1. The van der Waals surface area contributed by atoms with Crippen LogP contribution in [0, 0.1) is 6.57 Å². The molecule has 9 nitrogen and oxygen atoms in total. The number of H-pyrrole nitrogens is 1. The van der Waals surface area contributed by atoms with Gasteiger partial charge in [0.05, 0.1) is 28.9 Å². The Bertz CT molecular complexity index is 1620. The van der Waals surface area contributed by atoms with Crippen LogP contribution in [0.2, 0.25) is 0 Å². The molecule has 2 aromatic carbocycles. The number of carbonyl (C=O) groups is 2. The van der Waals surface area contributed by atoms with Crippen molar-refractivity contribution in [3.8, 4) is 0 Å². The number of benzene rings is 2. The fourth-order valence-electron chi connectivity index (χ4n) is 5.66. The largest absolute Gasteiger partial charge is 0.334 e. The van der Waals surface area contributed by atoms with Crippen LogP contribution >= 0.6 is 0 Å². The van der Waals surface area contributed by atoms with Crippen molar-refractivity contribution in [2.75, 3.05) is 18.1 Å². The topological polar surface area (TPSA) is 117 Å². The Hall–Kier alpha value is -3.92. The minimum Gasteiger partial charge on any atom is -0.334 e. The van der Waals surface area contributed by atoms with E-state index in [4.69, 9.17) is 6.57 Å². The zero-order chi connectivity index (χ0) is 28.9. The molecule has 2 aliphatic rings. The first-order chi connectivity index (χ1) is 18.8. The van der Waals surface area contributed by atoms with Gasteiger partial charge >= 0.3 is 0 Å². The summed E-state index contributed by atoms with van der Waals surface area (Å²) in [7, 11) is -3.54. The van der Waals surface area contributed by atoms with Gasteiger partial charge in [-0.25, -0.2) is 26.4 Å². The molecule has 1 saturated carbocycles. The summed E-state index contributed by atoms with van der Waals surface area (Å²) in [5, 5.41) is 9.76. The number of rotatable bonds is 5. The number of hydrogen-bond acceptors (Lipinski definition) is 5. The minimum atomic E-state index is -3.54. The quantitative estimate of drug-likeness (QED) is 0.435. The number of amides is 2. The SMILES string of the molecule is [C-]#[N+]c1c(NC(=O)[C@H]2C[C@@H](F)CN2C(=O)C2(c3ccc(S(C)(=O)=O)cc3)CCC(F)(F)CC2)ccc2[nH]ncc12. The van der Waals surface area contributed by atoms with E-state index in [9.17, 15) is 31.2 Å². The predicted octanol–water partition coefficient (Wildman–Crippen LogP) is 4.54. The van der Waals surface area contributed by atoms with E-state index >= 15 is 0 Å². The number of halogens is 3. The van der Waals surface area contributed by atoms with Crippen LogP contribution in [0.15, 0.2) is 47.5 Å². The average molecular weight is 574 g/mol. The molecule has 2 N–H and O–H groups in total. The standard InChI is InChI=1S/C27H26F3N5O4S/c1-31-23-19-14-32-34-20(19)7-8-21(23)33-24(36)22-13-17(28)15-35(22)25(37)26(9-11-27(29,30)12-10-26)16-3-5-18(6-4-16)40(2,38)39/h3-8,14,17,22H,9-13,15H2,2H3,(H,32,34)(H,33,36)/t17-,22-/m1/s1. The van der Waals surface area contributed by atoms with Crippen LogP contribution in [-0.2, 0) is 24.8 Å². The van der Waals surface area contributed by atoms with Gasteiger partial charge in [0.2, 0.25) is 23.4 Å². The van der Waals surface area contributed by atoms with Gasteiger partial charge in [-0.2, -0.15) is 5.10 Å². The lowest BCUT2D eigenvalue weighted by molar-refractivity contribution is -0.146. The van der Waals surface area contributed by atoms with Crippen molar-refractivity contribution in [1.29, 1.82) is 0 Å². The second-order valence-corrected chi connectivity index (χ2v) is 12.5. The van der Waals surface area contributed by atoms with Gasteiger partial charge in [0.25, 0.3) is 0 Å². The van der Waals surface area contributed by atoms with Crippen molar-refractivity contribution in [3.05, 3.63) is 59.6 Å². The van der Waals surface area contributed by atoms with Crippen LogP contribution in [0.25, 0.3) is 15.7 Å². The molecule has 2 amide bonds. The summed E-state index contributed by atoms with van der Waals surface area (Å²) in [6.07, 6.45) is -1.02. The van der Waals surface area contributed by atoms with Gasteiger partial charge in [-0.15, -0.1) is 0 Å². The number of carbonyl (C=O) groups excluding carboxylic acids is 2. The first-order valence-corrected chi connectivity index (χ1v) is 14.5.